The fourth-order valence-corrected chi connectivity index (χ4v) is 2.99. The average Bonchev–Trinajstić information content (AvgIpc) is 2.95. The second-order valence-corrected chi connectivity index (χ2v) is 6.08. The van der Waals surface area contributed by atoms with E-state index in [4.69, 9.17) is 5.73 Å². The second-order valence-electron chi connectivity index (χ2n) is 6.08. The molecule has 3 rings (SSSR count). The highest BCUT2D eigenvalue weighted by Gasteiger charge is 2.17. The molecule has 0 spiro atoms. The predicted octanol–water partition coefficient (Wildman–Crippen LogP) is 1.71. The number of hydrogen-bond acceptors (Lipinski definition) is 3. The van der Waals surface area contributed by atoms with E-state index in [2.05, 4.69) is 27.0 Å². The Balaban J connectivity index is 1.51. The van der Waals surface area contributed by atoms with Crippen molar-refractivity contribution in [3.8, 4) is 0 Å². The number of guanidine groups is 1. The summed E-state index contributed by atoms with van der Waals surface area (Å²) < 4.78 is 2.03. The number of likely N-dealkylation sites (tertiary alicyclic amines) is 1. The van der Waals surface area contributed by atoms with Crippen molar-refractivity contribution in [3.63, 3.8) is 0 Å². The molecule has 2 aromatic rings. The highest BCUT2D eigenvalue weighted by atomic mass is 15.3. The minimum absolute atomic E-state index is 0.692. The molecule has 1 fully saturated rings. The van der Waals surface area contributed by atoms with Crippen LogP contribution in [0.25, 0.3) is 5.65 Å². The van der Waals surface area contributed by atoms with Gasteiger partial charge in [0.25, 0.3) is 0 Å². The lowest BCUT2D eigenvalue weighted by Crippen LogP contribution is -2.43. The van der Waals surface area contributed by atoms with Crippen LogP contribution in [0.2, 0.25) is 0 Å². The molecule has 0 radical (unpaired) electrons. The van der Waals surface area contributed by atoms with Crippen LogP contribution in [-0.4, -0.2) is 45.1 Å². The zero-order chi connectivity index (χ0) is 15.4. The number of fused-ring (bicyclic) bond motifs is 1. The predicted molar refractivity (Wildman–Crippen MR) is 87.8 cm³/mol. The van der Waals surface area contributed by atoms with Crippen molar-refractivity contribution in [2.75, 3.05) is 19.6 Å². The quantitative estimate of drug-likeness (QED) is 0.530. The summed E-state index contributed by atoms with van der Waals surface area (Å²) in [5.41, 5.74) is 6.99. The molecule has 22 heavy (non-hydrogen) atoms. The van der Waals surface area contributed by atoms with Gasteiger partial charge in [0.1, 0.15) is 5.82 Å². The Bertz CT molecular complexity index is 647. The van der Waals surface area contributed by atoms with Gasteiger partial charge in [-0.05, 0) is 37.3 Å². The maximum atomic E-state index is 6.10. The molecule has 1 saturated heterocycles. The highest BCUT2D eigenvalue weighted by Crippen LogP contribution is 2.14. The first-order chi connectivity index (χ1) is 10.7. The molecule has 1 atom stereocenters. The summed E-state index contributed by atoms with van der Waals surface area (Å²) in [6.07, 6.45) is 6.29. The third-order valence-electron chi connectivity index (χ3n) is 4.20. The normalized spacial score (nSPS) is 19.8. The molecular weight excluding hydrogens is 276 g/mol. The minimum Gasteiger partial charge on any atom is -0.370 e. The van der Waals surface area contributed by atoms with Crippen molar-refractivity contribution >= 4 is 11.6 Å². The number of aromatic nitrogens is 3. The van der Waals surface area contributed by atoms with Crippen LogP contribution in [0.4, 0.5) is 0 Å². The average molecular weight is 300 g/mol. The lowest BCUT2D eigenvalue weighted by Gasteiger charge is -2.31. The van der Waals surface area contributed by atoms with Gasteiger partial charge in [0, 0.05) is 32.3 Å². The Morgan fingerprint density at radius 3 is 3.18 bits per heavy atom. The van der Waals surface area contributed by atoms with Gasteiger partial charge in [-0.2, -0.15) is 0 Å². The number of nitrogens with two attached hydrogens (primary N) is 1. The van der Waals surface area contributed by atoms with E-state index in [1.807, 2.05) is 28.8 Å². The third kappa shape index (κ3) is 3.37. The monoisotopic (exact) mass is 300 g/mol. The van der Waals surface area contributed by atoms with Gasteiger partial charge in [0.2, 0.25) is 0 Å². The minimum atomic E-state index is 0.692. The van der Waals surface area contributed by atoms with E-state index in [1.165, 1.54) is 12.8 Å². The maximum Gasteiger partial charge on any atom is 0.191 e. The fraction of sp³-hybridized carbons (Fsp3) is 0.562. The molecule has 3 heterocycles. The molecule has 2 aromatic heterocycles. The van der Waals surface area contributed by atoms with E-state index in [9.17, 15) is 0 Å². The molecule has 1 aliphatic heterocycles. The summed E-state index contributed by atoms with van der Waals surface area (Å²) in [4.78, 5) is 6.73. The SMILES string of the molecule is CC1CCCN(C(N)=NCCCc2nnc3ccccn23)C1. The number of nitrogens with zero attached hydrogens (tertiary/aromatic N) is 5. The first-order valence-electron chi connectivity index (χ1n) is 8.07. The van der Waals surface area contributed by atoms with Crippen LogP contribution in [0.5, 0.6) is 0 Å². The molecule has 0 aliphatic carbocycles. The van der Waals surface area contributed by atoms with Crippen LogP contribution < -0.4 is 5.73 Å². The van der Waals surface area contributed by atoms with Crippen molar-refractivity contribution in [3.05, 3.63) is 30.2 Å². The largest absolute Gasteiger partial charge is 0.370 e. The van der Waals surface area contributed by atoms with Crippen LogP contribution in [0.3, 0.4) is 0 Å². The molecule has 0 amide bonds. The topological polar surface area (TPSA) is 71.8 Å². The van der Waals surface area contributed by atoms with Gasteiger partial charge in [0.15, 0.2) is 11.6 Å². The number of rotatable bonds is 4. The van der Waals surface area contributed by atoms with Crippen molar-refractivity contribution in [2.24, 2.45) is 16.6 Å². The van der Waals surface area contributed by atoms with Gasteiger partial charge < -0.3 is 10.6 Å². The van der Waals surface area contributed by atoms with Gasteiger partial charge in [0.05, 0.1) is 0 Å². The smallest absolute Gasteiger partial charge is 0.191 e. The molecule has 118 valence electrons. The van der Waals surface area contributed by atoms with E-state index in [-0.39, 0.29) is 0 Å². The van der Waals surface area contributed by atoms with Gasteiger partial charge in [-0.1, -0.05) is 13.0 Å². The van der Waals surface area contributed by atoms with Crippen LogP contribution in [-0.2, 0) is 6.42 Å². The van der Waals surface area contributed by atoms with Crippen LogP contribution in [0.1, 0.15) is 32.0 Å². The summed E-state index contributed by atoms with van der Waals surface area (Å²) in [7, 11) is 0. The van der Waals surface area contributed by atoms with Gasteiger partial charge in [-0.15, -0.1) is 10.2 Å². The summed E-state index contributed by atoms with van der Waals surface area (Å²) in [5.74, 6) is 2.39. The Hall–Kier alpha value is -2.11. The standard InChI is InChI=1S/C16H24N6/c1-13-6-5-10-21(12-13)16(17)18-9-4-8-15-20-19-14-7-2-3-11-22(14)15/h2-3,7,11,13H,4-6,8-10,12H2,1H3,(H2,17,18). The molecule has 0 bridgehead atoms. The lowest BCUT2D eigenvalue weighted by atomic mass is 10.0. The first-order valence-corrected chi connectivity index (χ1v) is 8.07. The Morgan fingerprint density at radius 2 is 2.32 bits per heavy atom. The molecule has 2 N–H and O–H groups in total. The van der Waals surface area contributed by atoms with Crippen molar-refractivity contribution < 1.29 is 0 Å². The van der Waals surface area contributed by atoms with E-state index >= 15 is 0 Å². The zero-order valence-corrected chi connectivity index (χ0v) is 13.1. The fourth-order valence-electron chi connectivity index (χ4n) is 2.99. The van der Waals surface area contributed by atoms with Gasteiger partial charge in [-0.25, -0.2) is 0 Å². The zero-order valence-electron chi connectivity index (χ0n) is 13.1. The Kier molecular flexibility index (Phi) is 4.56. The molecule has 1 unspecified atom stereocenters. The van der Waals surface area contributed by atoms with Gasteiger partial charge in [-0.3, -0.25) is 9.39 Å². The summed E-state index contributed by atoms with van der Waals surface area (Å²) in [5, 5.41) is 8.39. The Labute approximate surface area is 131 Å². The lowest BCUT2D eigenvalue weighted by molar-refractivity contribution is 0.270. The van der Waals surface area contributed by atoms with E-state index < -0.39 is 0 Å². The van der Waals surface area contributed by atoms with Gasteiger partial charge >= 0.3 is 0 Å². The number of aliphatic imine (C=N–C) groups is 1. The molecule has 0 aromatic carbocycles. The second kappa shape index (κ2) is 6.77. The van der Waals surface area contributed by atoms with Crippen LogP contribution in [0, 0.1) is 5.92 Å². The van der Waals surface area contributed by atoms with Crippen LogP contribution >= 0.6 is 0 Å². The highest BCUT2D eigenvalue weighted by molar-refractivity contribution is 5.78. The van der Waals surface area contributed by atoms with E-state index in [0.717, 1.165) is 43.9 Å². The molecule has 6 heteroatoms. The number of pyridine rings is 1. The summed E-state index contributed by atoms with van der Waals surface area (Å²) in [6, 6.07) is 5.93. The maximum absolute atomic E-state index is 6.10. The van der Waals surface area contributed by atoms with E-state index in [1.54, 1.807) is 0 Å². The van der Waals surface area contributed by atoms with Crippen LogP contribution in [0.15, 0.2) is 29.4 Å². The first kappa shape index (κ1) is 14.8. The molecule has 6 nitrogen and oxygen atoms in total. The number of piperidine rings is 1. The molecule has 1 aliphatic rings. The molecule has 0 saturated carbocycles. The van der Waals surface area contributed by atoms with Crippen molar-refractivity contribution in [1.82, 2.24) is 19.5 Å². The van der Waals surface area contributed by atoms with Crippen molar-refractivity contribution in [2.45, 2.75) is 32.6 Å². The number of hydrogen-bond donors (Lipinski definition) is 1. The Morgan fingerprint density at radius 1 is 1.41 bits per heavy atom. The summed E-state index contributed by atoms with van der Waals surface area (Å²) >= 11 is 0. The van der Waals surface area contributed by atoms with Crippen molar-refractivity contribution in [1.29, 1.82) is 0 Å². The third-order valence-corrected chi connectivity index (χ3v) is 4.20. The van der Waals surface area contributed by atoms with E-state index in [0.29, 0.717) is 11.9 Å². The summed E-state index contributed by atoms with van der Waals surface area (Å²) in [6.45, 7) is 5.08. The molecular formula is C16H24N6. The number of aryl methyl sites for hydroxylation is 1.